The number of nitrogens with zero attached hydrogens (tertiary/aromatic N) is 2. The van der Waals surface area contributed by atoms with E-state index in [-0.39, 0.29) is 18.0 Å². The molecule has 0 unspecified atom stereocenters. The van der Waals surface area contributed by atoms with Gasteiger partial charge in [0.15, 0.2) is 0 Å². The normalized spacial score (nSPS) is 16.6. The lowest BCUT2D eigenvalue weighted by Gasteiger charge is -2.32. The summed E-state index contributed by atoms with van der Waals surface area (Å²) in [6, 6.07) is 15.4. The van der Waals surface area contributed by atoms with Gasteiger partial charge in [-0.05, 0) is 73.9 Å². The van der Waals surface area contributed by atoms with Crippen LogP contribution in [0.2, 0.25) is 0 Å². The molecular formula is C24H26N4O2. The number of benzene rings is 2. The maximum absolute atomic E-state index is 13.0. The van der Waals surface area contributed by atoms with E-state index in [0.717, 1.165) is 31.2 Å². The number of likely N-dealkylation sites (tertiary alicyclic amines) is 1. The molecule has 4 rings (SSSR count). The van der Waals surface area contributed by atoms with Crippen LogP contribution < -0.4 is 10.6 Å². The average molecular weight is 402 g/mol. The zero-order valence-corrected chi connectivity index (χ0v) is 17.1. The molecule has 2 fully saturated rings. The second kappa shape index (κ2) is 8.58. The molecule has 1 saturated carbocycles. The number of anilines is 1. The lowest BCUT2D eigenvalue weighted by molar-refractivity contribution is 0.0713. The molecule has 3 amide bonds. The molecule has 0 spiro atoms. The van der Waals surface area contributed by atoms with Crippen molar-refractivity contribution < 1.29 is 9.59 Å². The minimum atomic E-state index is -0.214. The molecule has 1 heterocycles. The number of aryl methyl sites for hydroxylation is 1. The predicted molar refractivity (Wildman–Crippen MR) is 115 cm³/mol. The highest BCUT2D eigenvalue weighted by atomic mass is 16.2. The Bertz CT molecular complexity index is 981. The van der Waals surface area contributed by atoms with Gasteiger partial charge in [-0.1, -0.05) is 18.2 Å². The van der Waals surface area contributed by atoms with Crippen LogP contribution in [-0.2, 0) is 0 Å². The number of hydrogen-bond donors (Lipinski definition) is 2. The van der Waals surface area contributed by atoms with Crippen molar-refractivity contribution in [1.82, 2.24) is 10.2 Å². The standard InChI is InChI=1S/C24H26N4O2/c1-16-2-5-20(14-22(16)27-24(30)26-21-8-9-21)23(29)28-12-10-19(11-13-28)18-6-3-17(15-25)4-7-18/h2-7,14,19,21H,8-13H2,1H3,(H2,26,27,30). The van der Waals surface area contributed by atoms with Gasteiger partial charge in [0.2, 0.25) is 0 Å². The van der Waals surface area contributed by atoms with E-state index in [2.05, 4.69) is 16.7 Å². The monoisotopic (exact) mass is 402 g/mol. The van der Waals surface area contributed by atoms with E-state index in [1.807, 2.05) is 48.2 Å². The summed E-state index contributed by atoms with van der Waals surface area (Å²) in [5, 5.41) is 14.7. The number of carbonyl (C=O) groups excluding carboxylic acids is 2. The van der Waals surface area contributed by atoms with Crippen LogP contribution in [0.3, 0.4) is 0 Å². The molecule has 154 valence electrons. The molecule has 6 nitrogen and oxygen atoms in total. The lowest BCUT2D eigenvalue weighted by atomic mass is 9.89. The third-order valence-electron chi connectivity index (χ3n) is 5.94. The number of amides is 3. The van der Waals surface area contributed by atoms with Crippen LogP contribution in [0.5, 0.6) is 0 Å². The SMILES string of the molecule is Cc1ccc(C(=O)N2CCC(c3ccc(C#N)cc3)CC2)cc1NC(=O)NC1CC1. The Kier molecular flexibility index (Phi) is 5.71. The number of hydrogen-bond acceptors (Lipinski definition) is 3. The molecule has 0 aromatic heterocycles. The average Bonchev–Trinajstić information content (AvgIpc) is 3.59. The number of nitrogens with one attached hydrogen (secondary N) is 2. The molecule has 2 aromatic carbocycles. The Hall–Kier alpha value is -3.33. The van der Waals surface area contributed by atoms with Crippen LogP contribution in [0.4, 0.5) is 10.5 Å². The molecule has 30 heavy (non-hydrogen) atoms. The summed E-state index contributed by atoms with van der Waals surface area (Å²) in [7, 11) is 0. The van der Waals surface area contributed by atoms with Crippen molar-refractivity contribution in [3.63, 3.8) is 0 Å². The molecule has 0 radical (unpaired) electrons. The summed E-state index contributed by atoms with van der Waals surface area (Å²) in [6.45, 7) is 3.31. The smallest absolute Gasteiger partial charge is 0.319 e. The predicted octanol–water partition coefficient (Wildman–Crippen LogP) is 4.17. The third-order valence-corrected chi connectivity index (χ3v) is 5.94. The number of urea groups is 1. The second-order valence-corrected chi connectivity index (χ2v) is 8.20. The van der Waals surface area contributed by atoms with E-state index < -0.39 is 0 Å². The first-order valence-electron chi connectivity index (χ1n) is 10.5. The summed E-state index contributed by atoms with van der Waals surface area (Å²) in [5.74, 6) is 0.405. The van der Waals surface area contributed by atoms with E-state index in [1.54, 1.807) is 6.07 Å². The Morgan fingerprint density at radius 3 is 2.37 bits per heavy atom. The molecule has 0 bridgehead atoms. The van der Waals surface area contributed by atoms with Crippen molar-refractivity contribution in [2.75, 3.05) is 18.4 Å². The zero-order valence-electron chi connectivity index (χ0n) is 17.1. The molecular weight excluding hydrogens is 376 g/mol. The van der Waals surface area contributed by atoms with Crippen molar-refractivity contribution in [3.8, 4) is 6.07 Å². The maximum Gasteiger partial charge on any atom is 0.319 e. The van der Waals surface area contributed by atoms with Crippen LogP contribution in [0, 0.1) is 18.3 Å². The van der Waals surface area contributed by atoms with Crippen molar-refractivity contribution in [3.05, 3.63) is 64.7 Å². The van der Waals surface area contributed by atoms with Gasteiger partial charge in [-0.3, -0.25) is 4.79 Å². The van der Waals surface area contributed by atoms with E-state index in [9.17, 15) is 9.59 Å². The first-order chi connectivity index (χ1) is 14.5. The van der Waals surface area contributed by atoms with Gasteiger partial charge in [0.05, 0.1) is 11.6 Å². The molecule has 1 aliphatic heterocycles. The molecule has 1 saturated heterocycles. The quantitative estimate of drug-likeness (QED) is 0.805. The van der Waals surface area contributed by atoms with Crippen LogP contribution in [0.15, 0.2) is 42.5 Å². The largest absolute Gasteiger partial charge is 0.339 e. The summed E-state index contributed by atoms with van der Waals surface area (Å²) in [5.41, 5.74) is 4.09. The molecule has 2 N–H and O–H groups in total. The molecule has 1 aliphatic carbocycles. The van der Waals surface area contributed by atoms with Gasteiger partial charge in [0.25, 0.3) is 5.91 Å². The summed E-state index contributed by atoms with van der Waals surface area (Å²) < 4.78 is 0. The third kappa shape index (κ3) is 4.62. The van der Waals surface area contributed by atoms with Gasteiger partial charge < -0.3 is 15.5 Å². The van der Waals surface area contributed by atoms with Crippen LogP contribution in [0.25, 0.3) is 0 Å². The number of piperidine rings is 1. The van der Waals surface area contributed by atoms with Crippen molar-refractivity contribution >= 4 is 17.6 Å². The van der Waals surface area contributed by atoms with Crippen LogP contribution in [-0.4, -0.2) is 36.0 Å². The first kappa shape index (κ1) is 20.0. The maximum atomic E-state index is 13.0. The zero-order chi connectivity index (χ0) is 21.1. The number of nitriles is 1. The highest BCUT2D eigenvalue weighted by Gasteiger charge is 2.26. The van der Waals surface area contributed by atoms with E-state index in [0.29, 0.717) is 35.8 Å². The molecule has 2 aliphatic rings. The van der Waals surface area contributed by atoms with Gasteiger partial charge in [-0.2, -0.15) is 5.26 Å². The molecule has 6 heteroatoms. The van der Waals surface area contributed by atoms with Gasteiger partial charge >= 0.3 is 6.03 Å². The fourth-order valence-electron chi connectivity index (χ4n) is 3.89. The van der Waals surface area contributed by atoms with Crippen molar-refractivity contribution in [2.45, 2.75) is 44.6 Å². The summed E-state index contributed by atoms with van der Waals surface area (Å²) in [4.78, 5) is 27.0. The number of carbonyl (C=O) groups is 2. The van der Waals surface area contributed by atoms with Gasteiger partial charge in [0.1, 0.15) is 0 Å². The van der Waals surface area contributed by atoms with Gasteiger partial charge in [-0.15, -0.1) is 0 Å². The van der Waals surface area contributed by atoms with Gasteiger partial charge in [0, 0.05) is 30.4 Å². The Morgan fingerprint density at radius 1 is 1.03 bits per heavy atom. The van der Waals surface area contributed by atoms with E-state index in [4.69, 9.17) is 5.26 Å². The Morgan fingerprint density at radius 2 is 1.73 bits per heavy atom. The lowest BCUT2D eigenvalue weighted by Crippen LogP contribution is -2.38. The van der Waals surface area contributed by atoms with Crippen molar-refractivity contribution in [1.29, 1.82) is 5.26 Å². The van der Waals surface area contributed by atoms with Crippen molar-refractivity contribution in [2.24, 2.45) is 0 Å². The fraction of sp³-hybridized carbons (Fsp3) is 0.375. The minimum Gasteiger partial charge on any atom is -0.339 e. The highest BCUT2D eigenvalue weighted by Crippen LogP contribution is 2.29. The topological polar surface area (TPSA) is 85.2 Å². The molecule has 0 atom stereocenters. The first-order valence-corrected chi connectivity index (χ1v) is 10.5. The Balaban J connectivity index is 1.38. The second-order valence-electron chi connectivity index (χ2n) is 8.20. The van der Waals surface area contributed by atoms with Gasteiger partial charge in [-0.25, -0.2) is 4.79 Å². The Labute approximate surface area is 176 Å². The molecule has 2 aromatic rings. The van der Waals surface area contributed by atoms with Crippen LogP contribution in [0.1, 0.15) is 58.6 Å². The summed E-state index contributed by atoms with van der Waals surface area (Å²) in [6.07, 6.45) is 3.86. The highest BCUT2D eigenvalue weighted by molar-refractivity contribution is 5.97. The van der Waals surface area contributed by atoms with E-state index >= 15 is 0 Å². The fourth-order valence-corrected chi connectivity index (χ4v) is 3.89. The van der Waals surface area contributed by atoms with Crippen LogP contribution >= 0.6 is 0 Å². The summed E-state index contributed by atoms with van der Waals surface area (Å²) >= 11 is 0. The number of rotatable bonds is 4. The van der Waals surface area contributed by atoms with E-state index in [1.165, 1.54) is 5.56 Å². The minimum absolute atomic E-state index is 0.000991.